The predicted octanol–water partition coefficient (Wildman–Crippen LogP) is 4.02. The molecule has 0 saturated heterocycles. The summed E-state index contributed by atoms with van der Waals surface area (Å²) in [6.45, 7) is 5.37. The average molecular weight is 280 g/mol. The highest BCUT2D eigenvalue weighted by atomic mass is 14.9. The van der Waals surface area contributed by atoms with Crippen LogP contribution in [0.4, 0.5) is 0 Å². The van der Waals surface area contributed by atoms with Crippen molar-refractivity contribution in [3.8, 4) is 0 Å². The molecule has 0 spiro atoms. The third-order valence-corrected chi connectivity index (χ3v) is 4.58. The Hall–Kier alpha value is -1.67. The molecular weight excluding hydrogens is 256 g/mol. The zero-order valence-electron chi connectivity index (χ0n) is 13.0. The highest BCUT2D eigenvalue weighted by Crippen LogP contribution is 2.40. The van der Waals surface area contributed by atoms with Crippen LogP contribution in [0.5, 0.6) is 0 Å². The molecule has 1 heterocycles. The maximum absolute atomic E-state index is 4.66. The summed E-state index contributed by atoms with van der Waals surface area (Å²) < 4.78 is 0. The largest absolute Gasteiger partial charge is 0.310 e. The fourth-order valence-electron chi connectivity index (χ4n) is 3.44. The number of fused-ring (bicyclic) bond motifs is 1. The van der Waals surface area contributed by atoms with Crippen molar-refractivity contribution in [3.05, 3.63) is 65.0 Å². The zero-order valence-corrected chi connectivity index (χ0v) is 13.0. The Morgan fingerprint density at radius 2 is 2.00 bits per heavy atom. The fraction of sp³-hybridized carbons (Fsp3) is 0.421. The Bertz CT molecular complexity index is 589. The van der Waals surface area contributed by atoms with E-state index in [0.29, 0.717) is 12.0 Å². The number of aromatic nitrogens is 1. The molecule has 2 aromatic rings. The molecule has 0 saturated carbocycles. The second-order valence-corrected chi connectivity index (χ2v) is 5.82. The topological polar surface area (TPSA) is 24.9 Å². The number of likely N-dealkylation sites (N-methyl/N-ethyl adjacent to an activating group) is 1. The SMILES string of the molecule is CCNC(c1ccc(CC)cc1)C1CCc2cccnc21. The van der Waals surface area contributed by atoms with Crippen LogP contribution in [0.15, 0.2) is 42.6 Å². The highest BCUT2D eigenvalue weighted by molar-refractivity contribution is 5.34. The molecule has 110 valence electrons. The lowest BCUT2D eigenvalue weighted by Crippen LogP contribution is -2.26. The lowest BCUT2D eigenvalue weighted by molar-refractivity contribution is 0.447. The van der Waals surface area contributed by atoms with Crippen molar-refractivity contribution < 1.29 is 0 Å². The number of rotatable bonds is 5. The third kappa shape index (κ3) is 2.86. The minimum absolute atomic E-state index is 0.372. The monoisotopic (exact) mass is 280 g/mol. The van der Waals surface area contributed by atoms with Crippen LogP contribution in [0, 0.1) is 0 Å². The van der Waals surface area contributed by atoms with Crippen molar-refractivity contribution in [2.45, 2.75) is 45.1 Å². The van der Waals surface area contributed by atoms with Gasteiger partial charge in [0.2, 0.25) is 0 Å². The smallest absolute Gasteiger partial charge is 0.0485 e. The van der Waals surface area contributed by atoms with Gasteiger partial charge < -0.3 is 5.32 Å². The van der Waals surface area contributed by atoms with E-state index in [1.54, 1.807) is 0 Å². The Labute approximate surface area is 127 Å². The molecule has 2 heteroatoms. The standard InChI is InChI=1S/C19H24N2/c1-3-14-7-9-16(10-8-14)18(20-4-2)17-12-11-15-6-5-13-21-19(15)17/h5-10,13,17-18,20H,3-4,11-12H2,1-2H3. The summed E-state index contributed by atoms with van der Waals surface area (Å²) in [5.74, 6) is 0.494. The van der Waals surface area contributed by atoms with Crippen molar-refractivity contribution in [1.29, 1.82) is 0 Å². The Morgan fingerprint density at radius 1 is 1.19 bits per heavy atom. The molecule has 0 bridgehead atoms. The van der Waals surface area contributed by atoms with Crippen LogP contribution in [0.1, 0.15) is 54.6 Å². The van der Waals surface area contributed by atoms with Gasteiger partial charge in [-0.1, -0.05) is 44.2 Å². The number of hydrogen-bond acceptors (Lipinski definition) is 2. The van der Waals surface area contributed by atoms with E-state index < -0.39 is 0 Å². The average Bonchev–Trinajstić information content (AvgIpc) is 2.97. The van der Waals surface area contributed by atoms with Gasteiger partial charge in [0, 0.05) is 23.9 Å². The Kier molecular flexibility index (Phi) is 4.35. The number of hydrogen-bond donors (Lipinski definition) is 1. The van der Waals surface area contributed by atoms with Crippen LogP contribution < -0.4 is 5.32 Å². The van der Waals surface area contributed by atoms with E-state index in [1.807, 2.05) is 6.20 Å². The number of pyridine rings is 1. The maximum atomic E-state index is 4.66. The van der Waals surface area contributed by atoms with Gasteiger partial charge in [-0.15, -0.1) is 0 Å². The molecule has 2 nitrogen and oxygen atoms in total. The molecule has 1 aromatic heterocycles. The van der Waals surface area contributed by atoms with E-state index >= 15 is 0 Å². The molecule has 0 fully saturated rings. The fourth-order valence-corrected chi connectivity index (χ4v) is 3.44. The normalized spacial score (nSPS) is 18.5. The van der Waals surface area contributed by atoms with E-state index in [1.165, 1.54) is 28.8 Å². The molecule has 0 radical (unpaired) electrons. The van der Waals surface area contributed by atoms with Gasteiger partial charge >= 0.3 is 0 Å². The van der Waals surface area contributed by atoms with Gasteiger partial charge in [0.05, 0.1) is 0 Å². The van der Waals surface area contributed by atoms with Gasteiger partial charge in [-0.2, -0.15) is 0 Å². The molecule has 21 heavy (non-hydrogen) atoms. The van der Waals surface area contributed by atoms with Crippen LogP contribution in [0.2, 0.25) is 0 Å². The quantitative estimate of drug-likeness (QED) is 0.894. The lowest BCUT2D eigenvalue weighted by atomic mass is 9.90. The molecule has 1 aliphatic rings. The lowest BCUT2D eigenvalue weighted by Gasteiger charge is -2.25. The summed E-state index contributed by atoms with van der Waals surface area (Å²) in [4.78, 5) is 4.66. The van der Waals surface area contributed by atoms with E-state index in [-0.39, 0.29) is 0 Å². The Balaban J connectivity index is 1.91. The summed E-state index contributed by atoms with van der Waals surface area (Å²) >= 11 is 0. The molecule has 0 amide bonds. The molecule has 1 aromatic carbocycles. The van der Waals surface area contributed by atoms with Crippen molar-refractivity contribution in [3.63, 3.8) is 0 Å². The maximum Gasteiger partial charge on any atom is 0.0485 e. The van der Waals surface area contributed by atoms with Gasteiger partial charge in [-0.05, 0) is 48.6 Å². The molecule has 3 rings (SSSR count). The molecule has 0 aliphatic heterocycles. The first-order valence-electron chi connectivity index (χ1n) is 8.09. The number of benzene rings is 1. The molecule has 1 N–H and O–H groups in total. The highest BCUT2D eigenvalue weighted by Gasteiger charge is 2.31. The molecule has 2 unspecified atom stereocenters. The van der Waals surface area contributed by atoms with E-state index in [4.69, 9.17) is 0 Å². The second kappa shape index (κ2) is 6.40. The van der Waals surface area contributed by atoms with Gasteiger partial charge in [0.15, 0.2) is 0 Å². The molecule has 1 aliphatic carbocycles. The van der Waals surface area contributed by atoms with Gasteiger partial charge in [-0.3, -0.25) is 4.98 Å². The van der Waals surface area contributed by atoms with Gasteiger partial charge in [0.25, 0.3) is 0 Å². The van der Waals surface area contributed by atoms with Crippen LogP contribution in [-0.2, 0) is 12.8 Å². The van der Waals surface area contributed by atoms with Crippen molar-refractivity contribution >= 4 is 0 Å². The minimum atomic E-state index is 0.372. The van der Waals surface area contributed by atoms with Gasteiger partial charge in [0.1, 0.15) is 0 Å². The summed E-state index contributed by atoms with van der Waals surface area (Å²) in [6, 6.07) is 13.7. The van der Waals surface area contributed by atoms with Crippen molar-refractivity contribution in [2.24, 2.45) is 0 Å². The minimum Gasteiger partial charge on any atom is -0.310 e. The van der Waals surface area contributed by atoms with Crippen LogP contribution in [-0.4, -0.2) is 11.5 Å². The summed E-state index contributed by atoms with van der Waals surface area (Å²) in [5, 5.41) is 3.68. The van der Waals surface area contributed by atoms with Gasteiger partial charge in [-0.25, -0.2) is 0 Å². The summed E-state index contributed by atoms with van der Waals surface area (Å²) in [5.41, 5.74) is 5.51. The number of aryl methyl sites for hydroxylation is 2. The van der Waals surface area contributed by atoms with Crippen LogP contribution >= 0.6 is 0 Å². The number of nitrogens with zero attached hydrogens (tertiary/aromatic N) is 1. The predicted molar refractivity (Wildman–Crippen MR) is 87.5 cm³/mol. The van der Waals surface area contributed by atoms with E-state index in [2.05, 4.69) is 60.5 Å². The Morgan fingerprint density at radius 3 is 2.71 bits per heavy atom. The van der Waals surface area contributed by atoms with Crippen molar-refractivity contribution in [1.82, 2.24) is 10.3 Å². The van der Waals surface area contributed by atoms with E-state index in [0.717, 1.165) is 19.4 Å². The zero-order chi connectivity index (χ0) is 14.7. The van der Waals surface area contributed by atoms with E-state index in [9.17, 15) is 0 Å². The molecular formula is C19H24N2. The van der Waals surface area contributed by atoms with Crippen LogP contribution in [0.3, 0.4) is 0 Å². The second-order valence-electron chi connectivity index (χ2n) is 5.82. The summed E-state index contributed by atoms with van der Waals surface area (Å²) in [6.07, 6.45) is 5.38. The third-order valence-electron chi connectivity index (χ3n) is 4.58. The molecule has 2 atom stereocenters. The van der Waals surface area contributed by atoms with Crippen LogP contribution in [0.25, 0.3) is 0 Å². The first-order valence-corrected chi connectivity index (χ1v) is 8.09. The number of nitrogens with one attached hydrogen (secondary N) is 1. The first-order chi connectivity index (χ1) is 10.3. The van der Waals surface area contributed by atoms with Crippen molar-refractivity contribution in [2.75, 3.05) is 6.54 Å². The first kappa shape index (κ1) is 14.3. The summed E-state index contributed by atoms with van der Waals surface area (Å²) in [7, 11) is 0.